The highest BCUT2D eigenvalue weighted by Gasteiger charge is 2.40. The smallest absolute Gasteiger partial charge is 0.378 e. The van der Waals surface area contributed by atoms with Gasteiger partial charge in [-0.1, -0.05) is 18.2 Å². The van der Waals surface area contributed by atoms with Crippen molar-refractivity contribution in [1.29, 1.82) is 0 Å². The van der Waals surface area contributed by atoms with Gasteiger partial charge in [0.25, 0.3) is 0 Å². The summed E-state index contributed by atoms with van der Waals surface area (Å²) in [5, 5.41) is 3.52. The third-order valence-electron chi connectivity index (χ3n) is 6.03. The van der Waals surface area contributed by atoms with Gasteiger partial charge in [0.05, 0.1) is 18.6 Å². The zero-order valence-corrected chi connectivity index (χ0v) is 19.1. The van der Waals surface area contributed by atoms with E-state index in [1.165, 1.54) is 6.33 Å². The van der Waals surface area contributed by atoms with E-state index in [1.54, 1.807) is 42.6 Å². The number of fused-ring (bicyclic) bond motifs is 1. The summed E-state index contributed by atoms with van der Waals surface area (Å²) in [4.78, 5) is 18.4. The summed E-state index contributed by atoms with van der Waals surface area (Å²) >= 11 is 0. The summed E-state index contributed by atoms with van der Waals surface area (Å²) in [5.41, 5.74) is 4.04. The average molecular weight is 483 g/mol. The van der Waals surface area contributed by atoms with E-state index in [9.17, 15) is 13.2 Å². The number of morpholine rings is 1. The van der Waals surface area contributed by atoms with Crippen LogP contribution in [0.4, 0.5) is 24.7 Å². The Balaban J connectivity index is 1.35. The Kier molecular flexibility index (Phi) is 6.29. The number of aryl methyl sites for hydroxylation is 1. The zero-order valence-electron chi connectivity index (χ0n) is 19.1. The van der Waals surface area contributed by atoms with Gasteiger partial charge < -0.3 is 19.9 Å². The van der Waals surface area contributed by atoms with E-state index in [0.29, 0.717) is 30.2 Å². The van der Waals surface area contributed by atoms with Gasteiger partial charge in [0.2, 0.25) is 0 Å². The first-order valence-electron chi connectivity index (χ1n) is 11.4. The van der Waals surface area contributed by atoms with Gasteiger partial charge in [-0.2, -0.15) is 13.2 Å². The van der Waals surface area contributed by atoms with Crippen LogP contribution < -0.4 is 10.2 Å². The molecule has 4 heterocycles. The predicted molar refractivity (Wildman–Crippen MR) is 129 cm³/mol. The Hall–Kier alpha value is -3.66. The maximum atomic E-state index is 13.7. The number of nitrogens with one attached hydrogen (secondary N) is 2. The van der Waals surface area contributed by atoms with Crippen molar-refractivity contribution in [2.75, 3.05) is 36.5 Å². The van der Waals surface area contributed by atoms with Crippen LogP contribution in [0, 0.1) is 6.92 Å². The van der Waals surface area contributed by atoms with E-state index in [0.717, 1.165) is 41.1 Å². The molecule has 0 saturated carbocycles. The van der Waals surface area contributed by atoms with E-state index in [-0.39, 0.29) is 6.42 Å². The molecule has 182 valence electrons. The lowest BCUT2D eigenvalue weighted by Crippen LogP contribution is -2.38. The first kappa shape index (κ1) is 23.1. The quantitative estimate of drug-likeness (QED) is 0.413. The molecule has 7 nitrogen and oxygen atoms in total. The molecule has 5 rings (SSSR count). The van der Waals surface area contributed by atoms with Gasteiger partial charge in [0, 0.05) is 42.8 Å². The van der Waals surface area contributed by atoms with Crippen LogP contribution in [0.1, 0.15) is 11.3 Å². The molecule has 0 radical (unpaired) electrons. The van der Waals surface area contributed by atoms with Gasteiger partial charge in [-0.15, -0.1) is 0 Å². The highest BCUT2D eigenvalue weighted by atomic mass is 19.4. The molecule has 0 amide bonds. The van der Waals surface area contributed by atoms with Crippen LogP contribution in [0.5, 0.6) is 0 Å². The van der Waals surface area contributed by atoms with E-state index in [2.05, 4.69) is 30.2 Å². The van der Waals surface area contributed by atoms with E-state index in [4.69, 9.17) is 4.74 Å². The van der Waals surface area contributed by atoms with Crippen molar-refractivity contribution >= 4 is 22.5 Å². The Morgan fingerprint density at radius 2 is 1.83 bits per heavy atom. The lowest BCUT2D eigenvalue weighted by Gasteiger charge is -2.27. The minimum Gasteiger partial charge on any atom is -0.378 e. The summed E-state index contributed by atoms with van der Waals surface area (Å²) in [7, 11) is 0. The van der Waals surface area contributed by atoms with Gasteiger partial charge in [-0.25, -0.2) is 9.97 Å². The zero-order chi connectivity index (χ0) is 24.4. The molecule has 3 aromatic heterocycles. The van der Waals surface area contributed by atoms with Gasteiger partial charge in [0.1, 0.15) is 23.8 Å². The van der Waals surface area contributed by atoms with Crippen molar-refractivity contribution in [3.05, 3.63) is 66.2 Å². The van der Waals surface area contributed by atoms with Gasteiger partial charge >= 0.3 is 6.18 Å². The van der Waals surface area contributed by atoms with Crippen molar-refractivity contribution in [3.8, 4) is 11.3 Å². The minimum absolute atomic E-state index is 0.253. The fourth-order valence-electron chi connectivity index (χ4n) is 4.13. The number of hydrogen-bond donors (Lipinski definition) is 2. The minimum atomic E-state index is -4.42. The topological polar surface area (TPSA) is 79.0 Å². The van der Waals surface area contributed by atoms with Crippen molar-refractivity contribution < 1.29 is 17.9 Å². The van der Waals surface area contributed by atoms with Crippen LogP contribution in [-0.2, 0) is 11.2 Å². The number of rotatable bonds is 6. The molecule has 1 saturated heterocycles. The summed E-state index contributed by atoms with van der Waals surface area (Å²) in [6.07, 6.45) is -1.57. The Bertz CT molecular complexity index is 1280. The predicted octanol–water partition coefficient (Wildman–Crippen LogP) is 4.75. The van der Waals surface area contributed by atoms with Crippen LogP contribution in [0.2, 0.25) is 0 Å². The molecule has 1 aromatic carbocycles. The highest BCUT2D eigenvalue weighted by Crippen LogP contribution is 2.31. The molecular formula is C25H25F3N6O. The second-order valence-electron chi connectivity index (χ2n) is 8.59. The third-order valence-corrected chi connectivity index (χ3v) is 6.03. The highest BCUT2D eigenvalue weighted by molar-refractivity contribution is 5.92. The summed E-state index contributed by atoms with van der Waals surface area (Å²) in [6.45, 7) is 4.66. The first-order chi connectivity index (χ1) is 16.9. The molecule has 2 N–H and O–H groups in total. The summed E-state index contributed by atoms with van der Waals surface area (Å²) in [5.74, 6) is 0.844. The fraction of sp³-hybridized carbons (Fsp3) is 0.320. The number of aromatic nitrogens is 4. The molecule has 0 aliphatic carbocycles. The fourth-order valence-corrected chi connectivity index (χ4v) is 4.13. The summed E-state index contributed by atoms with van der Waals surface area (Å²) in [6, 6.07) is 10.5. The molecule has 4 aromatic rings. The average Bonchev–Trinajstić information content (AvgIpc) is 3.30. The van der Waals surface area contributed by atoms with E-state index in [1.807, 2.05) is 13.0 Å². The number of anilines is 2. The number of alkyl halides is 3. The number of aromatic amines is 1. The number of ether oxygens (including phenoxy) is 1. The molecule has 0 bridgehead atoms. The molecule has 1 fully saturated rings. The second-order valence-corrected chi connectivity index (χ2v) is 8.59. The van der Waals surface area contributed by atoms with Crippen LogP contribution in [0.15, 0.2) is 55.0 Å². The molecule has 10 heteroatoms. The third kappa shape index (κ3) is 5.22. The van der Waals surface area contributed by atoms with Crippen LogP contribution in [0.25, 0.3) is 22.3 Å². The maximum absolute atomic E-state index is 13.7. The lowest BCUT2D eigenvalue weighted by molar-refractivity contribution is -0.142. The van der Waals surface area contributed by atoms with E-state index < -0.39 is 12.2 Å². The molecule has 1 aliphatic rings. The van der Waals surface area contributed by atoms with Crippen molar-refractivity contribution in [3.63, 3.8) is 0 Å². The van der Waals surface area contributed by atoms with Crippen LogP contribution >= 0.6 is 0 Å². The molecule has 35 heavy (non-hydrogen) atoms. The van der Waals surface area contributed by atoms with Gasteiger partial charge in [-0.3, -0.25) is 4.98 Å². The SMILES string of the molecule is Cc1ccc(CC(Nc2ccc(-c3cc4c(N5CCOCC5)ncnc4[nH]3)cc2)C(F)(F)F)nc1. The largest absolute Gasteiger partial charge is 0.408 e. The second kappa shape index (κ2) is 9.53. The molecular weight excluding hydrogens is 457 g/mol. The Morgan fingerprint density at radius 3 is 2.51 bits per heavy atom. The number of halogens is 3. The van der Waals surface area contributed by atoms with Gasteiger partial charge in [-0.05, 0) is 42.3 Å². The van der Waals surface area contributed by atoms with E-state index >= 15 is 0 Å². The number of pyridine rings is 1. The molecule has 0 spiro atoms. The summed E-state index contributed by atoms with van der Waals surface area (Å²) < 4.78 is 46.5. The standard InChI is InChI=1S/C25H25F3N6O/c1-16-2-5-19(29-14-16)12-22(25(26,27)28)32-18-6-3-17(4-7-18)21-13-20-23(33-21)30-15-31-24(20)34-8-10-35-11-9-34/h2-7,13-15,22,32H,8-12H2,1H3,(H,30,31,33). The number of hydrogen-bond acceptors (Lipinski definition) is 6. The molecule has 1 atom stereocenters. The van der Waals surface area contributed by atoms with Crippen molar-refractivity contribution in [1.82, 2.24) is 19.9 Å². The Morgan fingerprint density at radius 1 is 1.06 bits per heavy atom. The monoisotopic (exact) mass is 482 g/mol. The maximum Gasteiger partial charge on any atom is 0.408 e. The van der Waals surface area contributed by atoms with Crippen molar-refractivity contribution in [2.24, 2.45) is 0 Å². The van der Waals surface area contributed by atoms with Crippen LogP contribution in [0.3, 0.4) is 0 Å². The first-order valence-corrected chi connectivity index (χ1v) is 11.4. The number of benzene rings is 1. The number of nitrogens with zero attached hydrogens (tertiary/aromatic N) is 4. The lowest BCUT2D eigenvalue weighted by atomic mass is 10.1. The Labute approximate surface area is 200 Å². The van der Waals surface area contributed by atoms with Crippen LogP contribution in [-0.4, -0.2) is 58.5 Å². The van der Waals surface area contributed by atoms with Crippen molar-refractivity contribution in [2.45, 2.75) is 25.6 Å². The van der Waals surface area contributed by atoms with Gasteiger partial charge in [0.15, 0.2) is 0 Å². The number of H-pyrrole nitrogens is 1. The molecule has 1 unspecified atom stereocenters. The molecule has 1 aliphatic heterocycles. The normalized spacial score (nSPS) is 15.4.